The third-order valence-electron chi connectivity index (χ3n) is 3.61. The fraction of sp³-hybridized carbons (Fsp3) is 0.429. The zero-order chi connectivity index (χ0) is 15.6. The Bertz CT molecular complexity index is 603. The normalized spacial score (nSPS) is 15.2. The molecular weight excluding hydrogens is 296 g/mol. The fourth-order valence-electron chi connectivity index (χ4n) is 2.30. The fourth-order valence-corrected chi connectivity index (χ4v) is 2.68. The minimum Gasteiger partial charge on any atom is -0.305 e. The maximum Gasteiger partial charge on any atom is 0.299 e. The van der Waals surface area contributed by atoms with E-state index in [1.807, 2.05) is 6.92 Å². The van der Waals surface area contributed by atoms with E-state index in [4.69, 9.17) is 11.6 Å². The smallest absolute Gasteiger partial charge is 0.299 e. The van der Waals surface area contributed by atoms with Crippen molar-refractivity contribution in [2.75, 3.05) is 17.3 Å². The lowest BCUT2D eigenvalue weighted by atomic mass is 10.0. The number of nitro groups is 1. The van der Waals surface area contributed by atoms with Crippen LogP contribution in [0.15, 0.2) is 18.2 Å². The molecule has 0 radical (unpaired) electrons. The van der Waals surface area contributed by atoms with E-state index in [-0.39, 0.29) is 11.3 Å². The number of Topliss-reactive ketones (excluding diaryl/α,β-unsaturated/α-hetero) is 1. The number of alkyl halides is 1. The summed E-state index contributed by atoms with van der Waals surface area (Å²) in [5.74, 6) is -0.411. The molecule has 1 unspecified atom stereocenters. The standard InChI is InChI=1S/C14H15ClN2O4/c1-9(4-6-15)5-7-16-12-3-2-10(17(20)21)8-11(12)13(18)14(16)19/h2-3,8-9H,4-7H2,1H3. The van der Waals surface area contributed by atoms with E-state index in [0.717, 1.165) is 18.9 Å². The molecule has 6 nitrogen and oxygen atoms in total. The van der Waals surface area contributed by atoms with Crippen molar-refractivity contribution >= 4 is 34.7 Å². The minimum atomic E-state index is -0.682. The van der Waals surface area contributed by atoms with E-state index in [2.05, 4.69) is 0 Å². The quantitative estimate of drug-likeness (QED) is 0.350. The number of hydrogen-bond donors (Lipinski definition) is 0. The predicted octanol–water partition coefficient (Wildman–Crippen LogP) is 2.78. The maximum absolute atomic E-state index is 12.0. The third-order valence-corrected chi connectivity index (χ3v) is 3.83. The second-order valence-corrected chi connectivity index (χ2v) is 5.49. The van der Waals surface area contributed by atoms with Gasteiger partial charge in [-0.2, -0.15) is 0 Å². The lowest BCUT2D eigenvalue weighted by Gasteiger charge is -2.18. The van der Waals surface area contributed by atoms with E-state index < -0.39 is 16.6 Å². The van der Waals surface area contributed by atoms with Crippen molar-refractivity contribution in [2.45, 2.75) is 19.8 Å². The summed E-state index contributed by atoms with van der Waals surface area (Å²) in [4.78, 5) is 35.5. The molecular formula is C14H15ClN2O4. The number of non-ortho nitro benzene ring substituents is 1. The average molecular weight is 311 g/mol. The molecule has 112 valence electrons. The number of ketones is 1. The number of rotatable bonds is 6. The Hall–Kier alpha value is -1.95. The molecule has 1 aromatic rings. The second kappa shape index (κ2) is 6.22. The summed E-state index contributed by atoms with van der Waals surface area (Å²) < 4.78 is 0. The Morgan fingerprint density at radius 3 is 2.67 bits per heavy atom. The van der Waals surface area contributed by atoms with Gasteiger partial charge in [0.1, 0.15) is 0 Å². The van der Waals surface area contributed by atoms with Crippen molar-refractivity contribution < 1.29 is 14.5 Å². The van der Waals surface area contributed by atoms with Crippen LogP contribution >= 0.6 is 11.6 Å². The molecule has 0 aliphatic carbocycles. The molecule has 1 aliphatic rings. The van der Waals surface area contributed by atoms with Crippen LogP contribution in [0.4, 0.5) is 11.4 Å². The summed E-state index contributed by atoms with van der Waals surface area (Å²) in [6.07, 6.45) is 1.56. The minimum absolute atomic E-state index is 0.110. The highest BCUT2D eigenvalue weighted by molar-refractivity contribution is 6.52. The molecule has 1 atom stereocenters. The van der Waals surface area contributed by atoms with Gasteiger partial charge in [0.05, 0.1) is 16.2 Å². The van der Waals surface area contributed by atoms with Gasteiger partial charge in [-0.05, 0) is 24.8 Å². The molecule has 0 spiro atoms. The number of nitrogens with zero attached hydrogens (tertiary/aromatic N) is 2. The first-order chi connectivity index (χ1) is 9.95. The first-order valence-electron chi connectivity index (χ1n) is 6.66. The summed E-state index contributed by atoms with van der Waals surface area (Å²) in [5, 5.41) is 10.7. The number of amides is 1. The summed E-state index contributed by atoms with van der Waals surface area (Å²) >= 11 is 5.67. The van der Waals surface area contributed by atoms with Gasteiger partial charge in [0.25, 0.3) is 17.4 Å². The number of nitro benzene ring substituents is 1. The second-order valence-electron chi connectivity index (χ2n) is 5.12. The van der Waals surface area contributed by atoms with Crippen LogP contribution in [0, 0.1) is 16.0 Å². The van der Waals surface area contributed by atoms with Crippen molar-refractivity contribution in [3.05, 3.63) is 33.9 Å². The SMILES string of the molecule is CC(CCCl)CCN1C(=O)C(=O)c2cc([N+](=O)[O-])ccc21. The van der Waals surface area contributed by atoms with Gasteiger partial charge >= 0.3 is 0 Å². The van der Waals surface area contributed by atoms with Crippen molar-refractivity contribution in [3.63, 3.8) is 0 Å². The van der Waals surface area contributed by atoms with Gasteiger partial charge < -0.3 is 4.90 Å². The van der Waals surface area contributed by atoms with E-state index in [9.17, 15) is 19.7 Å². The molecule has 1 amide bonds. The van der Waals surface area contributed by atoms with Crippen LogP contribution in [-0.2, 0) is 4.79 Å². The Labute approximate surface area is 126 Å². The molecule has 0 saturated carbocycles. The van der Waals surface area contributed by atoms with Crippen LogP contribution < -0.4 is 4.90 Å². The molecule has 0 aromatic heterocycles. The molecule has 0 N–H and O–H groups in total. The summed E-state index contributed by atoms with van der Waals surface area (Å²) in [6.45, 7) is 2.44. The highest BCUT2D eigenvalue weighted by Crippen LogP contribution is 2.32. The number of benzene rings is 1. The van der Waals surface area contributed by atoms with E-state index in [1.165, 1.54) is 17.0 Å². The monoisotopic (exact) mass is 310 g/mol. The summed E-state index contributed by atoms with van der Waals surface area (Å²) in [7, 11) is 0. The molecule has 0 fully saturated rings. The lowest BCUT2D eigenvalue weighted by molar-refractivity contribution is -0.384. The van der Waals surface area contributed by atoms with Gasteiger partial charge in [-0.15, -0.1) is 11.6 Å². The lowest BCUT2D eigenvalue weighted by Crippen LogP contribution is -2.31. The Kier molecular flexibility index (Phi) is 4.57. The zero-order valence-corrected chi connectivity index (χ0v) is 12.3. The maximum atomic E-state index is 12.0. The molecule has 0 saturated heterocycles. The van der Waals surface area contributed by atoms with Gasteiger partial charge in [-0.25, -0.2) is 0 Å². The van der Waals surface area contributed by atoms with Crippen molar-refractivity contribution in [1.82, 2.24) is 0 Å². The number of fused-ring (bicyclic) bond motifs is 1. The largest absolute Gasteiger partial charge is 0.305 e. The van der Waals surface area contributed by atoms with Crippen LogP contribution in [0.25, 0.3) is 0 Å². The highest BCUT2D eigenvalue weighted by Gasteiger charge is 2.36. The third kappa shape index (κ3) is 3.05. The van der Waals surface area contributed by atoms with Crippen LogP contribution in [0.1, 0.15) is 30.1 Å². The molecule has 1 heterocycles. The number of carbonyl (C=O) groups excluding carboxylic acids is 2. The molecule has 0 bridgehead atoms. The first-order valence-corrected chi connectivity index (χ1v) is 7.19. The highest BCUT2D eigenvalue weighted by atomic mass is 35.5. The Morgan fingerprint density at radius 1 is 1.33 bits per heavy atom. The number of halogens is 1. The van der Waals surface area contributed by atoms with Crippen LogP contribution in [-0.4, -0.2) is 29.0 Å². The molecule has 1 aliphatic heterocycles. The topological polar surface area (TPSA) is 80.5 Å². The van der Waals surface area contributed by atoms with Gasteiger partial charge in [0.2, 0.25) is 0 Å². The van der Waals surface area contributed by atoms with E-state index in [1.54, 1.807) is 0 Å². The molecule has 2 rings (SSSR count). The zero-order valence-electron chi connectivity index (χ0n) is 11.5. The Balaban J connectivity index is 2.21. The number of hydrogen-bond acceptors (Lipinski definition) is 4. The van der Waals surface area contributed by atoms with E-state index >= 15 is 0 Å². The van der Waals surface area contributed by atoms with Crippen molar-refractivity contribution in [3.8, 4) is 0 Å². The molecule has 1 aromatic carbocycles. The van der Waals surface area contributed by atoms with Gasteiger partial charge in [-0.3, -0.25) is 19.7 Å². The van der Waals surface area contributed by atoms with Gasteiger partial charge in [0.15, 0.2) is 0 Å². The van der Waals surface area contributed by atoms with Crippen molar-refractivity contribution in [2.24, 2.45) is 5.92 Å². The van der Waals surface area contributed by atoms with Crippen LogP contribution in [0.5, 0.6) is 0 Å². The Morgan fingerprint density at radius 2 is 2.05 bits per heavy atom. The van der Waals surface area contributed by atoms with Crippen molar-refractivity contribution in [1.29, 1.82) is 0 Å². The van der Waals surface area contributed by atoms with Crippen LogP contribution in [0.3, 0.4) is 0 Å². The molecule has 7 heteroatoms. The average Bonchev–Trinajstić information content (AvgIpc) is 2.69. The predicted molar refractivity (Wildman–Crippen MR) is 78.9 cm³/mol. The summed E-state index contributed by atoms with van der Waals surface area (Å²) in [6, 6.07) is 3.93. The summed E-state index contributed by atoms with van der Waals surface area (Å²) in [5.41, 5.74) is 0.375. The van der Waals surface area contributed by atoms with E-state index in [0.29, 0.717) is 24.0 Å². The van der Waals surface area contributed by atoms with Gasteiger partial charge in [0, 0.05) is 24.6 Å². The molecule has 21 heavy (non-hydrogen) atoms. The number of carbonyl (C=O) groups is 2. The van der Waals surface area contributed by atoms with Crippen LogP contribution in [0.2, 0.25) is 0 Å². The number of anilines is 1. The van der Waals surface area contributed by atoms with Gasteiger partial charge in [-0.1, -0.05) is 6.92 Å². The first kappa shape index (κ1) is 15.4.